The number of alkyl halides is 1. The molecule has 0 spiro atoms. The van der Waals surface area contributed by atoms with E-state index < -0.39 is 0 Å². The van der Waals surface area contributed by atoms with Crippen LogP contribution in [0.15, 0.2) is 12.2 Å². The molecule has 0 bridgehead atoms. The van der Waals surface area contributed by atoms with Crippen LogP contribution in [0.1, 0.15) is 19.8 Å². The Morgan fingerprint density at radius 2 is 2.38 bits per heavy atom. The van der Waals surface area contributed by atoms with E-state index >= 15 is 0 Å². The van der Waals surface area contributed by atoms with E-state index in [1.165, 1.54) is 6.42 Å². The van der Waals surface area contributed by atoms with Gasteiger partial charge in [-0.1, -0.05) is 19.1 Å². The van der Waals surface area contributed by atoms with Gasteiger partial charge in [0.15, 0.2) is 0 Å². The van der Waals surface area contributed by atoms with Crippen LogP contribution in [-0.4, -0.2) is 5.38 Å². The second-order valence-corrected chi connectivity index (χ2v) is 3.08. The van der Waals surface area contributed by atoms with Gasteiger partial charge in [-0.05, 0) is 18.8 Å². The minimum Gasteiger partial charge on any atom is -0.118 e. The van der Waals surface area contributed by atoms with Crippen molar-refractivity contribution in [2.24, 2.45) is 5.92 Å². The van der Waals surface area contributed by atoms with Gasteiger partial charge in [0.05, 0.1) is 5.38 Å². The molecule has 0 unspecified atom stereocenters. The number of hydrogen-bond acceptors (Lipinski definition) is 0. The monoisotopic (exact) mass is 130 g/mol. The van der Waals surface area contributed by atoms with Gasteiger partial charge >= 0.3 is 0 Å². The third-order valence-electron chi connectivity index (χ3n) is 1.51. The second kappa shape index (κ2) is 2.54. The summed E-state index contributed by atoms with van der Waals surface area (Å²) in [5.41, 5.74) is 0. The number of halogens is 1. The zero-order chi connectivity index (χ0) is 5.98. The number of allylic oxidation sites excluding steroid dienone is 2. The molecule has 0 fully saturated rings. The third kappa shape index (κ3) is 1.52. The molecule has 1 aliphatic rings. The molecule has 0 N–H and O–H groups in total. The Kier molecular flexibility index (Phi) is 1.95. The Balaban J connectivity index is 2.42. The van der Waals surface area contributed by atoms with Crippen LogP contribution in [0.25, 0.3) is 0 Å². The van der Waals surface area contributed by atoms with Crippen molar-refractivity contribution in [2.45, 2.75) is 25.1 Å². The first kappa shape index (κ1) is 6.15. The van der Waals surface area contributed by atoms with E-state index in [1.54, 1.807) is 0 Å². The molecule has 0 aromatic carbocycles. The highest BCUT2D eigenvalue weighted by Crippen LogP contribution is 2.20. The summed E-state index contributed by atoms with van der Waals surface area (Å²) in [7, 11) is 0. The van der Waals surface area contributed by atoms with Crippen LogP contribution in [0.2, 0.25) is 0 Å². The molecule has 0 radical (unpaired) electrons. The second-order valence-electron chi connectivity index (χ2n) is 2.52. The molecule has 8 heavy (non-hydrogen) atoms. The Morgan fingerprint density at radius 1 is 1.62 bits per heavy atom. The normalized spacial score (nSPS) is 37.8. The van der Waals surface area contributed by atoms with Crippen LogP contribution in [0, 0.1) is 5.92 Å². The fraction of sp³-hybridized carbons (Fsp3) is 0.714. The van der Waals surface area contributed by atoms with Crippen molar-refractivity contribution >= 4 is 11.6 Å². The van der Waals surface area contributed by atoms with Gasteiger partial charge in [0.1, 0.15) is 0 Å². The van der Waals surface area contributed by atoms with E-state index in [4.69, 9.17) is 11.6 Å². The topological polar surface area (TPSA) is 0 Å². The van der Waals surface area contributed by atoms with Crippen LogP contribution in [-0.2, 0) is 0 Å². The van der Waals surface area contributed by atoms with E-state index in [-0.39, 0.29) is 0 Å². The fourth-order valence-corrected chi connectivity index (χ4v) is 1.42. The van der Waals surface area contributed by atoms with Gasteiger partial charge in [-0.3, -0.25) is 0 Å². The fourth-order valence-electron chi connectivity index (χ4n) is 1.02. The Morgan fingerprint density at radius 3 is 2.75 bits per heavy atom. The van der Waals surface area contributed by atoms with Crippen molar-refractivity contribution in [2.75, 3.05) is 0 Å². The van der Waals surface area contributed by atoms with Crippen molar-refractivity contribution < 1.29 is 0 Å². The summed E-state index contributed by atoms with van der Waals surface area (Å²) < 4.78 is 0. The highest BCUT2D eigenvalue weighted by Gasteiger charge is 2.09. The minimum atomic E-state index is 0.304. The smallest absolute Gasteiger partial charge is 0.0518 e. The van der Waals surface area contributed by atoms with Gasteiger partial charge < -0.3 is 0 Å². The molecule has 1 rings (SSSR count). The molecule has 0 saturated heterocycles. The summed E-state index contributed by atoms with van der Waals surface area (Å²) in [6.45, 7) is 2.24. The average Bonchev–Trinajstić information content (AvgIpc) is 1.64. The number of rotatable bonds is 0. The highest BCUT2D eigenvalue weighted by atomic mass is 35.5. The van der Waals surface area contributed by atoms with E-state index in [9.17, 15) is 0 Å². The Hall–Kier alpha value is 0.0300. The number of hydrogen-bond donors (Lipinski definition) is 0. The van der Waals surface area contributed by atoms with Crippen molar-refractivity contribution in [1.82, 2.24) is 0 Å². The van der Waals surface area contributed by atoms with E-state index in [0.717, 1.165) is 12.3 Å². The molecule has 0 aromatic heterocycles. The quantitative estimate of drug-likeness (QED) is 0.349. The maximum Gasteiger partial charge on any atom is 0.0518 e. The minimum absolute atomic E-state index is 0.304. The van der Waals surface area contributed by atoms with Crippen LogP contribution in [0.5, 0.6) is 0 Å². The molecule has 1 heteroatoms. The summed E-state index contributed by atoms with van der Waals surface area (Å²) in [5.74, 6) is 0.794. The van der Waals surface area contributed by atoms with Crippen LogP contribution in [0.4, 0.5) is 0 Å². The standard InChI is InChI=1S/C7H11Cl/c1-6-3-2-4-7(8)5-6/h2,4,6-7H,3,5H2,1H3/t6-,7-/m0/s1. The zero-order valence-electron chi connectivity index (χ0n) is 5.10. The van der Waals surface area contributed by atoms with Crippen molar-refractivity contribution in [3.8, 4) is 0 Å². The first-order valence-corrected chi connectivity index (χ1v) is 3.53. The van der Waals surface area contributed by atoms with Gasteiger partial charge in [-0.15, -0.1) is 11.6 Å². The van der Waals surface area contributed by atoms with Crippen LogP contribution >= 0.6 is 11.6 Å². The molecule has 0 amide bonds. The zero-order valence-corrected chi connectivity index (χ0v) is 5.86. The van der Waals surface area contributed by atoms with Crippen molar-refractivity contribution in [3.05, 3.63) is 12.2 Å². The molecule has 0 saturated carbocycles. The lowest BCUT2D eigenvalue weighted by atomic mass is 9.96. The van der Waals surface area contributed by atoms with E-state index in [2.05, 4.69) is 19.1 Å². The summed E-state index contributed by atoms with van der Waals surface area (Å²) in [5, 5.41) is 0.304. The summed E-state index contributed by atoms with van der Waals surface area (Å²) in [6, 6.07) is 0. The lowest BCUT2D eigenvalue weighted by molar-refractivity contribution is 0.531. The summed E-state index contributed by atoms with van der Waals surface area (Å²) >= 11 is 5.82. The van der Waals surface area contributed by atoms with Crippen molar-refractivity contribution in [3.63, 3.8) is 0 Å². The maximum atomic E-state index is 5.82. The predicted molar refractivity (Wildman–Crippen MR) is 37.2 cm³/mol. The molecule has 46 valence electrons. The lowest BCUT2D eigenvalue weighted by Crippen LogP contribution is -2.06. The molecule has 0 aromatic rings. The van der Waals surface area contributed by atoms with E-state index in [1.807, 2.05) is 0 Å². The van der Waals surface area contributed by atoms with E-state index in [0.29, 0.717) is 5.38 Å². The third-order valence-corrected chi connectivity index (χ3v) is 1.83. The molecule has 0 aliphatic heterocycles. The average molecular weight is 131 g/mol. The largest absolute Gasteiger partial charge is 0.118 e. The van der Waals surface area contributed by atoms with Crippen LogP contribution in [0.3, 0.4) is 0 Å². The first-order chi connectivity index (χ1) is 3.79. The summed E-state index contributed by atoms with van der Waals surface area (Å²) in [4.78, 5) is 0. The summed E-state index contributed by atoms with van der Waals surface area (Å²) in [6.07, 6.45) is 6.62. The molecule has 1 aliphatic carbocycles. The van der Waals surface area contributed by atoms with Gasteiger partial charge in [-0.25, -0.2) is 0 Å². The molecule has 0 heterocycles. The van der Waals surface area contributed by atoms with Crippen LogP contribution < -0.4 is 0 Å². The molecular weight excluding hydrogens is 120 g/mol. The molecule has 0 nitrogen and oxygen atoms in total. The first-order valence-electron chi connectivity index (χ1n) is 3.10. The van der Waals surface area contributed by atoms with Gasteiger partial charge in [0.2, 0.25) is 0 Å². The Labute approximate surface area is 55.5 Å². The maximum absolute atomic E-state index is 5.82. The predicted octanol–water partition coefficient (Wildman–Crippen LogP) is 2.58. The van der Waals surface area contributed by atoms with Gasteiger partial charge in [0.25, 0.3) is 0 Å². The van der Waals surface area contributed by atoms with Gasteiger partial charge in [-0.2, -0.15) is 0 Å². The van der Waals surface area contributed by atoms with Crippen molar-refractivity contribution in [1.29, 1.82) is 0 Å². The highest BCUT2D eigenvalue weighted by molar-refractivity contribution is 6.21. The Bertz CT molecular complexity index is 96.6. The van der Waals surface area contributed by atoms with Gasteiger partial charge in [0, 0.05) is 0 Å². The molecular formula is C7H11Cl. The SMILES string of the molecule is C[C@H]1CC=C[C@H](Cl)C1. The molecule has 2 atom stereocenters. The lowest BCUT2D eigenvalue weighted by Gasteiger charge is -2.15.